The predicted molar refractivity (Wildman–Crippen MR) is 264 cm³/mol. The molecule has 0 bridgehead atoms. The Bertz CT molecular complexity index is 2240. The van der Waals surface area contributed by atoms with E-state index in [9.17, 15) is 37.4 Å². The van der Waals surface area contributed by atoms with E-state index in [0.29, 0.717) is 69.1 Å². The molecule has 0 aliphatic carbocycles. The number of halogens is 5. The van der Waals surface area contributed by atoms with Crippen molar-refractivity contribution in [3.63, 3.8) is 0 Å². The highest BCUT2D eigenvalue weighted by Gasteiger charge is 2.52. The summed E-state index contributed by atoms with van der Waals surface area (Å²) in [6.45, 7) is 20.7. The van der Waals surface area contributed by atoms with Crippen LogP contribution in [0.3, 0.4) is 0 Å². The molecule has 0 spiro atoms. The van der Waals surface area contributed by atoms with Crippen molar-refractivity contribution in [3.05, 3.63) is 113 Å². The minimum Gasteiger partial charge on any atom is -0.399 e. The van der Waals surface area contributed by atoms with Gasteiger partial charge in [-0.1, -0.05) is 106 Å². The van der Waals surface area contributed by atoms with Crippen molar-refractivity contribution in [3.8, 4) is 11.1 Å². The van der Waals surface area contributed by atoms with E-state index in [1.165, 1.54) is 12.1 Å². The first-order valence-corrected chi connectivity index (χ1v) is 23.9. The lowest BCUT2D eigenvalue weighted by atomic mass is 9.76. The van der Waals surface area contributed by atoms with Crippen LogP contribution in [-0.4, -0.2) is 115 Å². The Hall–Kier alpha value is -4.67. The van der Waals surface area contributed by atoms with Gasteiger partial charge in [-0.2, -0.15) is 0 Å². The summed E-state index contributed by atoms with van der Waals surface area (Å²) in [5.41, 5.74) is 2.68. The highest BCUT2D eigenvalue weighted by Crippen LogP contribution is 2.37. The molecule has 0 unspecified atom stereocenters. The quantitative estimate of drug-likeness (QED) is 0.107. The molecular weight excluding hydrogens is 899 g/mol. The normalized spacial score (nSPS) is 17.8. The van der Waals surface area contributed by atoms with Gasteiger partial charge in [-0.15, -0.1) is 0 Å². The van der Waals surface area contributed by atoms with Crippen LogP contribution in [-0.2, 0) is 18.9 Å². The minimum atomic E-state index is -2.53. The van der Waals surface area contributed by atoms with Gasteiger partial charge in [0.2, 0.25) is 0 Å². The number of hydrogen-bond donors (Lipinski definition) is 2. The molecule has 3 fully saturated rings. The van der Waals surface area contributed by atoms with E-state index in [1.54, 1.807) is 46.2 Å². The Morgan fingerprint density at radius 1 is 0.603 bits per heavy atom. The van der Waals surface area contributed by atoms with Crippen LogP contribution in [0.25, 0.3) is 11.1 Å². The Labute approximate surface area is 405 Å². The van der Waals surface area contributed by atoms with Gasteiger partial charge >= 0.3 is 7.12 Å². The number of aliphatic hydroxyl groups excluding tert-OH is 2. The molecule has 370 valence electrons. The molecule has 0 saturated carbocycles. The number of amides is 2. The summed E-state index contributed by atoms with van der Waals surface area (Å²) in [7, 11) is -0.736. The monoisotopic (exact) mass is 966 g/mol. The topological polar surface area (TPSA) is 106 Å². The molecule has 3 aliphatic rings. The van der Waals surface area contributed by atoms with E-state index in [1.807, 2.05) is 104 Å². The van der Waals surface area contributed by atoms with E-state index >= 15 is 0 Å². The molecule has 4 aromatic rings. The number of alkyl halides is 4. The van der Waals surface area contributed by atoms with Crippen LogP contribution >= 0.6 is 11.6 Å². The highest BCUT2D eigenvalue weighted by molar-refractivity contribution is 6.62. The van der Waals surface area contributed by atoms with Crippen LogP contribution < -0.4 is 15.3 Å². The van der Waals surface area contributed by atoms with Gasteiger partial charge in [-0.05, 0) is 99.3 Å². The van der Waals surface area contributed by atoms with Gasteiger partial charge in [-0.25, -0.2) is 17.6 Å². The fourth-order valence-electron chi connectivity index (χ4n) is 8.27. The van der Waals surface area contributed by atoms with E-state index in [0.717, 1.165) is 35.1 Å². The first-order chi connectivity index (χ1) is 32.1. The van der Waals surface area contributed by atoms with Gasteiger partial charge in [0.25, 0.3) is 24.7 Å². The third kappa shape index (κ3) is 14.4. The molecule has 2 atom stereocenters. The molecule has 2 amide bonds. The molecule has 0 aromatic heterocycles. The average Bonchev–Trinajstić information content (AvgIpc) is 3.53. The molecule has 7 rings (SSSR count). The SMILES string of the molecule is CC(C)C[C@@H](O)C(=O)N1CCN(c2cccc(-c3ccccc3C(F)F)c2)CC1.CC(C)C[C@@H](O)C(=O)N1CCN(c2cccc(Cl)c2)CC1.CC1(C)OB(c2ccccc2C(F)F)OC1(C)C. The Balaban J connectivity index is 0.000000197. The lowest BCUT2D eigenvalue weighted by Gasteiger charge is -2.37. The summed E-state index contributed by atoms with van der Waals surface area (Å²) in [4.78, 5) is 32.4. The van der Waals surface area contributed by atoms with Crippen LogP contribution in [0.15, 0.2) is 97.1 Å². The zero-order valence-corrected chi connectivity index (χ0v) is 41.3. The number of benzene rings is 4. The summed E-state index contributed by atoms with van der Waals surface area (Å²) in [5.74, 6) is 0.221. The number of nitrogens with zero attached hydrogens (tertiary/aromatic N) is 4. The first-order valence-electron chi connectivity index (χ1n) is 23.5. The second-order valence-corrected chi connectivity index (χ2v) is 19.8. The second-order valence-electron chi connectivity index (χ2n) is 19.4. The van der Waals surface area contributed by atoms with Gasteiger partial charge in [0.15, 0.2) is 0 Å². The Morgan fingerprint density at radius 2 is 1.03 bits per heavy atom. The molecule has 3 aliphatic heterocycles. The van der Waals surface area contributed by atoms with Crippen molar-refractivity contribution in [2.24, 2.45) is 11.8 Å². The first kappa shape index (κ1) is 54.3. The van der Waals surface area contributed by atoms with Crippen molar-refractivity contribution in [1.82, 2.24) is 9.80 Å². The number of aliphatic hydroxyl groups is 2. The molecule has 4 aromatic carbocycles. The minimum absolute atomic E-state index is 0.0270. The van der Waals surface area contributed by atoms with Gasteiger partial charge in [0.05, 0.1) is 11.2 Å². The summed E-state index contributed by atoms with van der Waals surface area (Å²) in [6, 6.07) is 28.2. The van der Waals surface area contributed by atoms with Gasteiger partial charge in [-0.3, -0.25) is 9.59 Å². The average molecular weight is 967 g/mol. The molecule has 3 heterocycles. The maximum atomic E-state index is 13.4. The second kappa shape index (κ2) is 24.3. The number of hydrogen-bond acceptors (Lipinski definition) is 8. The zero-order valence-electron chi connectivity index (χ0n) is 40.6. The van der Waals surface area contributed by atoms with Crippen LogP contribution in [0.5, 0.6) is 0 Å². The van der Waals surface area contributed by atoms with Crippen molar-refractivity contribution in [2.45, 2.75) is 104 Å². The van der Waals surface area contributed by atoms with Crippen molar-refractivity contribution in [2.75, 3.05) is 62.2 Å². The molecular formula is C52H68BClF4N4O6. The van der Waals surface area contributed by atoms with Crippen LogP contribution in [0, 0.1) is 11.8 Å². The van der Waals surface area contributed by atoms with Crippen LogP contribution in [0.2, 0.25) is 5.02 Å². The van der Waals surface area contributed by atoms with Crippen LogP contribution in [0.4, 0.5) is 28.9 Å². The van der Waals surface area contributed by atoms with E-state index in [-0.39, 0.29) is 28.9 Å². The zero-order chi connectivity index (χ0) is 49.9. The third-order valence-electron chi connectivity index (χ3n) is 12.8. The van der Waals surface area contributed by atoms with Crippen molar-refractivity contribution in [1.29, 1.82) is 0 Å². The van der Waals surface area contributed by atoms with E-state index in [4.69, 9.17) is 20.9 Å². The number of piperazine rings is 2. The Morgan fingerprint density at radius 3 is 1.49 bits per heavy atom. The molecule has 68 heavy (non-hydrogen) atoms. The maximum Gasteiger partial charge on any atom is 0.495 e. The van der Waals surface area contributed by atoms with Gasteiger partial charge in [0.1, 0.15) is 12.2 Å². The lowest BCUT2D eigenvalue weighted by molar-refractivity contribution is -0.141. The lowest BCUT2D eigenvalue weighted by Crippen LogP contribution is -2.51. The maximum absolute atomic E-state index is 13.4. The number of carbonyl (C=O) groups excluding carboxylic acids is 2. The molecule has 2 N–H and O–H groups in total. The molecule has 10 nitrogen and oxygen atoms in total. The number of anilines is 2. The smallest absolute Gasteiger partial charge is 0.399 e. The highest BCUT2D eigenvalue weighted by atomic mass is 35.5. The van der Waals surface area contributed by atoms with Crippen molar-refractivity contribution < 1.29 is 46.7 Å². The third-order valence-corrected chi connectivity index (χ3v) is 13.0. The van der Waals surface area contributed by atoms with E-state index < -0.39 is 43.4 Å². The van der Waals surface area contributed by atoms with Gasteiger partial charge < -0.3 is 39.1 Å². The molecule has 16 heteroatoms. The fraction of sp³-hybridized carbons (Fsp3) is 0.500. The number of carbonyl (C=O) groups is 2. The summed E-state index contributed by atoms with van der Waals surface area (Å²) in [6.07, 6.45) is -5.89. The van der Waals surface area contributed by atoms with Crippen LogP contribution in [0.1, 0.15) is 92.2 Å². The van der Waals surface area contributed by atoms with E-state index in [2.05, 4.69) is 9.80 Å². The molecule has 0 radical (unpaired) electrons. The fourth-order valence-corrected chi connectivity index (χ4v) is 8.46. The van der Waals surface area contributed by atoms with Gasteiger partial charge in [0, 0.05) is 79.9 Å². The summed E-state index contributed by atoms with van der Waals surface area (Å²) < 4.78 is 64.2. The predicted octanol–water partition coefficient (Wildman–Crippen LogP) is 9.67. The molecule has 3 saturated heterocycles. The largest absolute Gasteiger partial charge is 0.495 e. The Kier molecular flexibility index (Phi) is 19.4. The number of rotatable bonds is 12. The summed E-state index contributed by atoms with van der Waals surface area (Å²) >= 11 is 6.01. The van der Waals surface area contributed by atoms with Crippen molar-refractivity contribution >= 4 is 47.4 Å². The standard InChI is InChI=1S/C23H28F2N2O2.C16H23ClN2O2.C13H17BF2O2/c1-16(2)14-21(28)23(29)27-12-10-26(11-13-27)18-7-5-6-17(15-18)19-8-3-4-9-20(19)22(24)25;1-12(2)10-15(20)16(21)19-8-6-18(7-9-19)14-5-3-4-13(17)11-14;1-12(2)13(3,4)18-14(17-12)10-8-6-5-7-9(10)11(15)16/h3-9,15-16,21-22,28H,10-14H2,1-2H3;3-5,11-12,15,20H,6-10H2,1-2H3;5-8,11H,1-4H3/t21-;15-;/m11./s1. The summed E-state index contributed by atoms with van der Waals surface area (Å²) in [5, 5.41) is 20.7.